The molecule has 1 amide bonds. The van der Waals surface area contributed by atoms with Crippen LogP contribution in [0.15, 0.2) is 23.4 Å². The molecule has 7 nitrogen and oxygen atoms in total. The second kappa shape index (κ2) is 8.05. The number of carbonyl (C=O) groups is 1. The van der Waals surface area contributed by atoms with Gasteiger partial charge >= 0.3 is 0 Å². The lowest BCUT2D eigenvalue weighted by Crippen LogP contribution is -2.28. The van der Waals surface area contributed by atoms with E-state index in [4.69, 9.17) is 9.47 Å². The molecule has 1 aromatic carbocycles. The van der Waals surface area contributed by atoms with Gasteiger partial charge in [-0.1, -0.05) is 18.7 Å². The Morgan fingerprint density at radius 3 is 2.71 bits per heavy atom. The summed E-state index contributed by atoms with van der Waals surface area (Å²) in [5, 5.41) is 12.1. The molecule has 0 saturated carbocycles. The number of amides is 1. The second-order valence-corrected chi connectivity index (χ2v) is 6.33. The van der Waals surface area contributed by atoms with Crippen LogP contribution in [-0.4, -0.2) is 40.6 Å². The van der Waals surface area contributed by atoms with E-state index in [0.29, 0.717) is 22.9 Å². The molecule has 1 heterocycles. The third kappa shape index (κ3) is 3.81. The number of aromatic nitrogens is 3. The van der Waals surface area contributed by atoms with Crippen molar-refractivity contribution in [2.75, 3.05) is 20.0 Å². The van der Waals surface area contributed by atoms with Crippen LogP contribution in [0.25, 0.3) is 0 Å². The summed E-state index contributed by atoms with van der Waals surface area (Å²) in [7, 11) is 4.98. The Kier molecular flexibility index (Phi) is 6.08. The number of benzene rings is 1. The molecule has 0 bridgehead atoms. The van der Waals surface area contributed by atoms with Crippen LogP contribution < -0.4 is 14.8 Å². The lowest BCUT2D eigenvalue weighted by Gasteiger charge is -2.15. The Balaban J connectivity index is 2.17. The number of methoxy groups -OCH3 is 2. The highest BCUT2D eigenvalue weighted by molar-refractivity contribution is 7.99. The maximum atomic E-state index is 12.6. The van der Waals surface area contributed by atoms with E-state index in [1.54, 1.807) is 37.1 Å². The number of hydrogen-bond donors (Lipinski definition) is 1. The van der Waals surface area contributed by atoms with Crippen LogP contribution in [0.1, 0.15) is 36.1 Å². The molecule has 130 valence electrons. The van der Waals surface area contributed by atoms with Crippen molar-refractivity contribution in [2.45, 2.75) is 25.0 Å². The minimum atomic E-state index is -0.284. The van der Waals surface area contributed by atoms with Gasteiger partial charge in [0.25, 0.3) is 5.91 Å². The van der Waals surface area contributed by atoms with Crippen LogP contribution in [-0.2, 0) is 7.05 Å². The Hall–Kier alpha value is -2.22. The summed E-state index contributed by atoms with van der Waals surface area (Å²) < 4.78 is 12.3. The predicted octanol–water partition coefficient (Wildman–Crippen LogP) is 2.44. The molecule has 1 atom stereocenters. The molecular weight excluding hydrogens is 328 g/mol. The maximum Gasteiger partial charge on any atom is 0.255 e. The van der Waals surface area contributed by atoms with Crippen molar-refractivity contribution in [3.63, 3.8) is 0 Å². The fraction of sp³-hybridized carbons (Fsp3) is 0.438. The summed E-state index contributed by atoms with van der Waals surface area (Å²) in [5.74, 6) is 2.46. The number of hydrogen-bond acceptors (Lipinski definition) is 6. The number of rotatable bonds is 7. The highest BCUT2D eigenvalue weighted by Crippen LogP contribution is 2.25. The third-order valence-electron chi connectivity index (χ3n) is 3.53. The van der Waals surface area contributed by atoms with Crippen molar-refractivity contribution in [2.24, 2.45) is 7.05 Å². The van der Waals surface area contributed by atoms with Crippen LogP contribution in [0.4, 0.5) is 0 Å². The van der Waals surface area contributed by atoms with Gasteiger partial charge < -0.3 is 19.4 Å². The highest BCUT2D eigenvalue weighted by atomic mass is 32.2. The minimum absolute atomic E-state index is 0.241. The number of nitrogens with one attached hydrogen (secondary N) is 1. The first-order valence-electron chi connectivity index (χ1n) is 7.56. The molecule has 1 aromatic heterocycles. The normalized spacial score (nSPS) is 11.9. The molecule has 1 N–H and O–H groups in total. The van der Waals surface area contributed by atoms with Gasteiger partial charge in [-0.25, -0.2) is 0 Å². The Morgan fingerprint density at radius 1 is 1.33 bits per heavy atom. The smallest absolute Gasteiger partial charge is 0.255 e. The van der Waals surface area contributed by atoms with Crippen LogP contribution in [0, 0.1) is 0 Å². The van der Waals surface area contributed by atoms with Crippen molar-refractivity contribution in [1.29, 1.82) is 0 Å². The first-order valence-corrected chi connectivity index (χ1v) is 8.55. The molecule has 1 unspecified atom stereocenters. The van der Waals surface area contributed by atoms with Crippen LogP contribution >= 0.6 is 11.8 Å². The molecule has 2 rings (SSSR count). The summed E-state index contributed by atoms with van der Waals surface area (Å²) in [6, 6.07) is 4.79. The molecule has 0 aliphatic heterocycles. The van der Waals surface area contributed by atoms with E-state index in [9.17, 15) is 4.79 Å². The van der Waals surface area contributed by atoms with Gasteiger partial charge in [0.15, 0.2) is 11.0 Å². The average Bonchev–Trinajstić information content (AvgIpc) is 2.95. The number of carbonyl (C=O) groups excluding carboxylic acids is 1. The third-order valence-corrected chi connectivity index (χ3v) is 4.43. The standard InChI is InChI=1S/C16H22N4O3S/c1-6-24-16-19-18-14(20(16)3)10(2)17-15(21)12-8-7-11(22-4)9-13(12)23-5/h7-10H,6H2,1-5H3,(H,17,21). The maximum absolute atomic E-state index is 12.6. The van der Waals surface area contributed by atoms with E-state index in [0.717, 1.165) is 10.9 Å². The van der Waals surface area contributed by atoms with Crippen LogP contribution in [0.3, 0.4) is 0 Å². The minimum Gasteiger partial charge on any atom is -0.497 e. The molecule has 0 radical (unpaired) electrons. The topological polar surface area (TPSA) is 78.3 Å². The van der Waals surface area contributed by atoms with E-state index in [1.165, 1.54) is 7.11 Å². The van der Waals surface area contributed by atoms with Crippen molar-refractivity contribution in [3.05, 3.63) is 29.6 Å². The summed E-state index contributed by atoms with van der Waals surface area (Å²) >= 11 is 1.61. The first-order chi connectivity index (χ1) is 11.5. The average molecular weight is 350 g/mol. The number of thioether (sulfide) groups is 1. The molecule has 0 spiro atoms. The molecule has 8 heteroatoms. The Labute approximate surface area is 145 Å². The summed E-state index contributed by atoms with van der Waals surface area (Å²) in [6.07, 6.45) is 0. The molecule has 0 saturated heterocycles. The van der Waals surface area contributed by atoms with E-state index >= 15 is 0 Å². The quantitative estimate of drug-likeness (QED) is 0.773. The van der Waals surface area contributed by atoms with Gasteiger partial charge in [0, 0.05) is 13.1 Å². The van der Waals surface area contributed by atoms with Gasteiger partial charge in [0.2, 0.25) is 0 Å². The molecule has 0 aliphatic carbocycles. The van der Waals surface area contributed by atoms with Crippen molar-refractivity contribution < 1.29 is 14.3 Å². The zero-order chi connectivity index (χ0) is 17.7. The summed E-state index contributed by atoms with van der Waals surface area (Å²) in [4.78, 5) is 12.6. The van der Waals surface area contributed by atoms with E-state index in [1.807, 2.05) is 18.5 Å². The lowest BCUT2D eigenvalue weighted by molar-refractivity contribution is 0.0934. The van der Waals surface area contributed by atoms with Crippen molar-refractivity contribution in [1.82, 2.24) is 20.1 Å². The monoisotopic (exact) mass is 350 g/mol. The Bertz CT molecular complexity index is 717. The van der Waals surface area contributed by atoms with Gasteiger partial charge in [0.05, 0.1) is 25.8 Å². The van der Waals surface area contributed by atoms with E-state index in [2.05, 4.69) is 22.4 Å². The van der Waals surface area contributed by atoms with Crippen molar-refractivity contribution >= 4 is 17.7 Å². The molecule has 2 aromatic rings. The highest BCUT2D eigenvalue weighted by Gasteiger charge is 2.20. The molecule has 0 aliphatic rings. The lowest BCUT2D eigenvalue weighted by atomic mass is 10.1. The van der Waals surface area contributed by atoms with Gasteiger partial charge in [-0.15, -0.1) is 10.2 Å². The predicted molar refractivity (Wildman–Crippen MR) is 92.8 cm³/mol. The van der Waals surface area contributed by atoms with E-state index < -0.39 is 0 Å². The van der Waals surface area contributed by atoms with Gasteiger partial charge in [-0.3, -0.25) is 4.79 Å². The van der Waals surface area contributed by atoms with Gasteiger partial charge in [-0.2, -0.15) is 0 Å². The van der Waals surface area contributed by atoms with Gasteiger partial charge in [0.1, 0.15) is 11.5 Å². The summed E-state index contributed by atoms with van der Waals surface area (Å²) in [5.41, 5.74) is 0.440. The zero-order valence-corrected chi connectivity index (χ0v) is 15.3. The van der Waals surface area contributed by atoms with Crippen LogP contribution in [0.5, 0.6) is 11.5 Å². The Morgan fingerprint density at radius 2 is 2.08 bits per heavy atom. The number of nitrogens with zero attached hydrogens (tertiary/aromatic N) is 3. The zero-order valence-electron chi connectivity index (χ0n) is 14.5. The molecular formula is C16H22N4O3S. The largest absolute Gasteiger partial charge is 0.497 e. The van der Waals surface area contributed by atoms with Crippen molar-refractivity contribution in [3.8, 4) is 11.5 Å². The fourth-order valence-corrected chi connectivity index (χ4v) is 2.93. The molecule has 24 heavy (non-hydrogen) atoms. The molecule has 0 fully saturated rings. The van der Waals surface area contributed by atoms with Crippen LogP contribution in [0.2, 0.25) is 0 Å². The number of ether oxygens (including phenoxy) is 2. The first kappa shape index (κ1) is 18.1. The van der Waals surface area contributed by atoms with Gasteiger partial charge in [-0.05, 0) is 24.8 Å². The SMILES string of the molecule is CCSc1nnc(C(C)NC(=O)c2ccc(OC)cc2OC)n1C. The van der Waals surface area contributed by atoms with E-state index in [-0.39, 0.29) is 11.9 Å². The fourth-order valence-electron chi connectivity index (χ4n) is 2.28. The second-order valence-electron chi connectivity index (χ2n) is 5.09. The summed E-state index contributed by atoms with van der Waals surface area (Å²) in [6.45, 7) is 3.93.